The zero-order valence-corrected chi connectivity index (χ0v) is 14.1. The highest BCUT2D eigenvalue weighted by atomic mass is 35.5. The number of primary amides is 1. The molecular weight excluding hydrogens is 395 g/mol. The molecule has 0 spiro atoms. The van der Waals surface area contributed by atoms with Crippen LogP contribution in [0.4, 0.5) is 24.5 Å². The first-order valence-electron chi connectivity index (χ1n) is 7.54. The number of nitro groups is 1. The van der Waals surface area contributed by atoms with Crippen molar-refractivity contribution in [2.45, 2.75) is 25.1 Å². The minimum Gasteiger partial charge on any atom is -0.363 e. The molecule has 1 amide bonds. The predicted octanol–water partition coefficient (Wildman–Crippen LogP) is 3.09. The van der Waals surface area contributed by atoms with Crippen LogP contribution in [0, 0.1) is 10.1 Å². The molecule has 3 rings (SSSR count). The molecule has 1 fully saturated rings. The number of hydrogen-bond acceptors (Lipinski definition) is 7. The summed E-state index contributed by atoms with van der Waals surface area (Å²) in [6, 6.07) is 0.624. The van der Waals surface area contributed by atoms with Gasteiger partial charge in [0.05, 0.1) is 15.5 Å². The summed E-state index contributed by atoms with van der Waals surface area (Å²) in [6.07, 6.45) is -3.86. The van der Waals surface area contributed by atoms with Crippen LogP contribution in [-0.2, 0) is 6.18 Å². The highest BCUT2D eigenvalue weighted by Gasteiger charge is 2.39. The number of carbonyl (C=O) groups excluding carboxylic acids is 1. The Kier molecular flexibility index (Phi) is 4.68. The maximum atomic E-state index is 13.0. The molecule has 1 saturated heterocycles. The number of aromatic nitrogens is 2. The molecular formula is C14H11ClF3N5O4. The quantitative estimate of drug-likeness (QED) is 0.611. The van der Waals surface area contributed by atoms with Crippen LogP contribution in [0.5, 0.6) is 0 Å². The highest BCUT2D eigenvalue weighted by Crippen LogP contribution is 2.45. The van der Waals surface area contributed by atoms with Gasteiger partial charge >= 0.3 is 6.18 Å². The lowest BCUT2D eigenvalue weighted by Crippen LogP contribution is -2.24. The summed E-state index contributed by atoms with van der Waals surface area (Å²) in [5.41, 5.74) is 2.89. The van der Waals surface area contributed by atoms with Gasteiger partial charge in [0.1, 0.15) is 11.7 Å². The molecule has 0 bridgehead atoms. The molecule has 2 aromatic rings. The van der Waals surface area contributed by atoms with Gasteiger partial charge in [-0.2, -0.15) is 18.2 Å². The van der Waals surface area contributed by atoms with Crippen molar-refractivity contribution in [3.63, 3.8) is 0 Å². The summed E-state index contributed by atoms with van der Waals surface area (Å²) in [6.45, 7) is 0.279. The van der Waals surface area contributed by atoms with E-state index in [0.29, 0.717) is 18.9 Å². The summed E-state index contributed by atoms with van der Waals surface area (Å²) in [7, 11) is 0. The summed E-state index contributed by atoms with van der Waals surface area (Å²) in [5.74, 6) is -1.30. The summed E-state index contributed by atoms with van der Waals surface area (Å²) in [5, 5.41) is 14.1. The molecule has 1 atom stereocenters. The van der Waals surface area contributed by atoms with Gasteiger partial charge in [-0.15, -0.1) is 0 Å². The van der Waals surface area contributed by atoms with Crippen molar-refractivity contribution >= 4 is 28.9 Å². The van der Waals surface area contributed by atoms with E-state index < -0.39 is 39.3 Å². The topological polar surface area (TPSA) is 128 Å². The summed E-state index contributed by atoms with van der Waals surface area (Å²) < 4.78 is 44.1. The van der Waals surface area contributed by atoms with Gasteiger partial charge in [0.15, 0.2) is 0 Å². The zero-order chi connectivity index (χ0) is 19.9. The standard InChI is InChI=1S/C14H11ClF3N5O4/c15-7-5-9(10(23(25)26)4-6(7)14(16,17)18)22-3-1-2-8(22)13-20-12(11(19)24)21-27-13/h4-5,8H,1-3H2,(H2,19,24). The van der Waals surface area contributed by atoms with E-state index in [-0.39, 0.29) is 23.9 Å². The van der Waals surface area contributed by atoms with E-state index in [4.69, 9.17) is 21.9 Å². The molecule has 1 aromatic carbocycles. The number of benzene rings is 1. The lowest BCUT2D eigenvalue weighted by molar-refractivity contribution is -0.384. The SMILES string of the molecule is NC(=O)c1noc(C2CCCN2c2cc(Cl)c(C(F)(F)F)cc2[N+](=O)[O-])n1. The van der Waals surface area contributed by atoms with Crippen molar-refractivity contribution in [1.29, 1.82) is 0 Å². The molecule has 13 heteroatoms. The van der Waals surface area contributed by atoms with E-state index >= 15 is 0 Å². The van der Waals surface area contributed by atoms with Crippen molar-refractivity contribution in [1.82, 2.24) is 10.1 Å². The minimum atomic E-state index is -4.84. The van der Waals surface area contributed by atoms with Crippen molar-refractivity contribution in [3.05, 3.63) is 44.5 Å². The average molecular weight is 406 g/mol. The number of carbonyl (C=O) groups is 1. The molecule has 2 N–H and O–H groups in total. The molecule has 27 heavy (non-hydrogen) atoms. The fourth-order valence-corrected chi connectivity index (χ4v) is 3.19. The van der Waals surface area contributed by atoms with Gasteiger partial charge in [0.2, 0.25) is 5.89 Å². The van der Waals surface area contributed by atoms with Gasteiger partial charge in [-0.1, -0.05) is 16.8 Å². The number of nitro benzene ring substituents is 1. The molecule has 2 heterocycles. The van der Waals surface area contributed by atoms with Crippen LogP contribution < -0.4 is 10.6 Å². The van der Waals surface area contributed by atoms with E-state index in [2.05, 4.69) is 10.1 Å². The van der Waals surface area contributed by atoms with Crippen LogP contribution in [0.15, 0.2) is 16.7 Å². The van der Waals surface area contributed by atoms with Gasteiger partial charge in [-0.3, -0.25) is 14.9 Å². The maximum Gasteiger partial charge on any atom is 0.418 e. The van der Waals surface area contributed by atoms with E-state index in [9.17, 15) is 28.1 Å². The number of rotatable bonds is 4. The van der Waals surface area contributed by atoms with Gasteiger partial charge in [0, 0.05) is 12.6 Å². The molecule has 1 unspecified atom stereocenters. The first-order chi connectivity index (χ1) is 12.6. The molecule has 0 saturated carbocycles. The molecule has 1 aliphatic rings. The van der Waals surface area contributed by atoms with Crippen molar-refractivity contribution in [2.24, 2.45) is 5.73 Å². The fraction of sp³-hybridized carbons (Fsp3) is 0.357. The molecule has 1 aliphatic heterocycles. The Bertz CT molecular complexity index is 917. The number of hydrogen-bond donors (Lipinski definition) is 1. The largest absolute Gasteiger partial charge is 0.418 e. The van der Waals surface area contributed by atoms with E-state index in [1.807, 2.05) is 0 Å². The Morgan fingerprint density at radius 3 is 2.70 bits per heavy atom. The number of amides is 1. The van der Waals surface area contributed by atoms with Crippen molar-refractivity contribution < 1.29 is 27.4 Å². The highest BCUT2D eigenvalue weighted by molar-refractivity contribution is 6.31. The van der Waals surface area contributed by atoms with Crippen LogP contribution in [0.2, 0.25) is 5.02 Å². The molecule has 1 aromatic heterocycles. The fourth-order valence-electron chi connectivity index (χ4n) is 2.93. The second-order valence-corrected chi connectivity index (χ2v) is 6.15. The van der Waals surface area contributed by atoms with E-state index in [0.717, 1.165) is 6.07 Å². The summed E-state index contributed by atoms with van der Waals surface area (Å²) in [4.78, 5) is 26.8. The number of nitrogens with zero attached hydrogens (tertiary/aromatic N) is 4. The Balaban J connectivity index is 2.07. The summed E-state index contributed by atoms with van der Waals surface area (Å²) >= 11 is 5.73. The Morgan fingerprint density at radius 2 is 2.15 bits per heavy atom. The number of nitrogens with two attached hydrogens (primary N) is 1. The Hall–Kier alpha value is -2.89. The van der Waals surface area contributed by atoms with Crippen LogP contribution in [0.1, 0.15) is 41.0 Å². The van der Waals surface area contributed by atoms with Gasteiger partial charge in [-0.05, 0) is 18.9 Å². The molecule has 144 valence electrons. The zero-order valence-electron chi connectivity index (χ0n) is 13.4. The number of halogens is 4. The number of anilines is 1. The average Bonchev–Trinajstić information content (AvgIpc) is 3.22. The lowest BCUT2D eigenvalue weighted by atomic mass is 10.1. The second kappa shape index (κ2) is 6.68. The van der Waals surface area contributed by atoms with E-state index in [1.165, 1.54) is 4.90 Å². The van der Waals surface area contributed by atoms with Gasteiger partial charge < -0.3 is 15.2 Å². The van der Waals surface area contributed by atoms with Crippen LogP contribution in [0.3, 0.4) is 0 Å². The van der Waals surface area contributed by atoms with Gasteiger partial charge in [0.25, 0.3) is 17.4 Å². The third-order valence-electron chi connectivity index (χ3n) is 4.08. The number of alkyl halides is 3. The lowest BCUT2D eigenvalue weighted by Gasteiger charge is -2.24. The first kappa shape index (κ1) is 18.9. The monoisotopic (exact) mass is 405 g/mol. The third kappa shape index (κ3) is 3.52. The van der Waals surface area contributed by atoms with Crippen LogP contribution in [0.25, 0.3) is 0 Å². The van der Waals surface area contributed by atoms with Crippen molar-refractivity contribution in [3.8, 4) is 0 Å². The smallest absolute Gasteiger partial charge is 0.363 e. The van der Waals surface area contributed by atoms with Crippen molar-refractivity contribution in [2.75, 3.05) is 11.4 Å². The predicted molar refractivity (Wildman–Crippen MR) is 85.2 cm³/mol. The normalized spacial score (nSPS) is 17.3. The molecule has 0 radical (unpaired) electrons. The Morgan fingerprint density at radius 1 is 1.44 bits per heavy atom. The first-order valence-corrected chi connectivity index (χ1v) is 7.92. The minimum absolute atomic E-state index is 0.0216. The Labute approximate surface area is 154 Å². The van der Waals surface area contributed by atoms with Gasteiger partial charge in [-0.25, -0.2) is 0 Å². The molecule has 0 aliphatic carbocycles. The van der Waals surface area contributed by atoms with E-state index in [1.54, 1.807) is 0 Å². The second-order valence-electron chi connectivity index (χ2n) is 5.75. The van der Waals surface area contributed by atoms with Crippen LogP contribution >= 0.6 is 11.6 Å². The van der Waals surface area contributed by atoms with Crippen LogP contribution in [-0.4, -0.2) is 27.5 Å². The third-order valence-corrected chi connectivity index (χ3v) is 4.39. The maximum absolute atomic E-state index is 13.0. The molecule has 9 nitrogen and oxygen atoms in total.